The third-order valence-corrected chi connectivity index (χ3v) is 6.12. The fraction of sp³-hybridized carbons (Fsp3) is 0.600. The van der Waals surface area contributed by atoms with Crippen molar-refractivity contribution < 1.29 is 34.0 Å². The molecular weight excluding hydrogens is 352 g/mol. The number of rotatable bonds is 2. The predicted molar refractivity (Wildman–Crippen MR) is 95.3 cm³/mol. The molecule has 2 fully saturated rings. The highest BCUT2D eigenvalue weighted by Crippen LogP contribution is 2.57. The number of allylic oxidation sites excluding steroid dienone is 2. The van der Waals surface area contributed by atoms with Gasteiger partial charge >= 0.3 is 11.9 Å². The van der Waals surface area contributed by atoms with E-state index in [-0.39, 0.29) is 5.57 Å². The summed E-state index contributed by atoms with van der Waals surface area (Å²) in [6.45, 7) is 10.5. The van der Waals surface area contributed by atoms with E-state index in [0.29, 0.717) is 24.0 Å². The van der Waals surface area contributed by atoms with Crippen molar-refractivity contribution in [2.45, 2.75) is 70.7 Å². The smallest absolute Gasteiger partial charge is 0.337 e. The Morgan fingerprint density at radius 2 is 2.11 bits per heavy atom. The fourth-order valence-corrected chi connectivity index (χ4v) is 4.12. The lowest BCUT2D eigenvalue weighted by atomic mass is 9.72. The first-order valence-corrected chi connectivity index (χ1v) is 9.04. The second-order valence-corrected chi connectivity index (χ2v) is 7.76. The van der Waals surface area contributed by atoms with Gasteiger partial charge in [-0.25, -0.2) is 9.59 Å². The molecule has 0 spiro atoms. The fourth-order valence-electron chi connectivity index (χ4n) is 4.12. The van der Waals surface area contributed by atoms with Gasteiger partial charge in [0.15, 0.2) is 18.0 Å². The first-order valence-electron chi connectivity index (χ1n) is 9.04. The average molecular weight is 378 g/mol. The van der Waals surface area contributed by atoms with Crippen LogP contribution in [-0.4, -0.2) is 52.4 Å². The molecule has 0 aromatic rings. The Morgan fingerprint density at radius 1 is 1.44 bits per heavy atom. The van der Waals surface area contributed by atoms with Crippen molar-refractivity contribution in [3.05, 3.63) is 35.5 Å². The third-order valence-electron chi connectivity index (χ3n) is 6.12. The lowest BCUT2D eigenvalue weighted by molar-refractivity contribution is -0.204. The highest BCUT2D eigenvalue weighted by molar-refractivity contribution is 5.94. The molecule has 2 bridgehead atoms. The largest absolute Gasteiger partial charge is 0.455 e. The first kappa shape index (κ1) is 19.8. The van der Waals surface area contributed by atoms with Crippen LogP contribution in [0.4, 0.5) is 0 Å². The van der Waals surface area contributed by atoms with Gasteiger partial charge in [-0.1, -0.05) is 25.7 Å². The van der Waals surface area contributed by atoms with E-state index in [4.69, 9.17) is 14.2 Å². The summed E-state index contributed by atoms with van der Waals surface area (Å²) < 4.78 is 17.0. The van der Waals surface area contributed by atoms with Crippen LogP contribution in [0.2, 0.25) is 0 Å². The summed E-state index contributed by atoms with van der Waals surface area (Å²) in [7, 11) is 0. The highest BCUT2D eigenvalue weighted by atomic mass is 16.7. The molecule has 7 nitrogen and oxygen atoms in total. The van der Waals surface area contributed by atoms with Gasteiger partial charge in [0.1, 0.15) is 12.2 Å². The van der Waals surface area contributed by atoms with Gasteiger partial charge in [0.25, 0.3) is 0 Å². The summed E-state index contributed by atoms with van der Waals surface area (Å²) >= 11 is 0. The monoisotopic (exact) mass is 378 g/mol. The Kier molecular flexibility index (Phi) is 4.82. The van der Waals surface area contributed by atoms with Crippen LogP contribution < -0.4 is 0 Å². The van der Waals surface area contributed by atoms with Crippen molar-refractivity contribution in [1.29, 1.82) is 0 Å². The summed E-state index contributed by atoms with van der Waals surface area (Å²) in [4.78, 5) is 24.9. The number of carbonyl (C=O) groups excluding carboxylic acids is 2. The number of ether oxygens (including phenoxy) is 3. The van der Waals surface area contributed by atoms with E-state index in [1.165, 1.54) is 0 Å². The molecule has 6 atom stereocenters. The van der Waals surface area contributed by atoms with Gasteiger partial charge in [0, 0.05) is 5.57 Å². The zero-order chi connectivity index (χ0) is 20.1. The van der Waals surface area contributed by atoms with Gasteiger partial charge in [-0.3, -0.25) is 0 Å². The SMILES string of the molecule is C=C1C(=O)O[C@@H]2[C@]3(C)CC/C=C(/C)[C@@H](O)[C@@H](OC(=O)/C(C)=C\C)[C@@]12O[C@H]3O. The molecule has 2 saturated heterocycles. The Balaban J connectivity index is 2.18. The third kappa shape index (κ3) is 2.68. The van der Waals surface area contributed by atoms with Crippen molar-refractivity contribution in [3.8, 4) is 0 Å². The number of carbonyl (C=O) groups is 2. The number of aliphatic hydroxyl groups excluding tert-OH is 2. The minimum absolute atomic E-state index is 0.0695. The van der Waals surface area contributed by atoms with Gasteiger partial charge in [-0.2, -0.15) is 0 Å². The molecule has 2 aliphatic heterocycles. The van der Waals surface area contributed by atoms with E-state index < -0.39 is 47.6 Å². The van der Waals surface area contributed by atoms with E-state index in [9.17, 15) is 19.8 Å². The molecule has 0 unspecified atom stereocenters. The maximum atomic E-state index is 12.5. The molecule has 0 amide bonds. The molecule has 2 N–H and O–H groups in total. The van der Waals surface area contributed by atoms with E-state index in [1.54, 1.807) is 33.8 Å². The second-order valence-electron chi connectivity index (χ2n) is 7.76. The molecule has 3 rings (SSSR count). The molecule has 0 saturated carbocycles. The number of aliphatic hydroxyl groups is 2. The minimum Gasteiger partial charge on any atom is -0.455 e. The molecule has 148 valence electrons. The molecule has 7 heteroatoms. The average Bonchev–Trinajstić information content (AvgIpc) is 3.01. The quantitative estimate of drug-likeness (QED) is 0.427. The number of esters is 2. The zero-order valence-electron chi connectivity index (χ0n) is 16.0. The summed E-state index contributed by atoms with van der Waals surface area (Å²) in [6.07, 6.45) is -0.335. The van der Waals surface area contributed by atoms with Crippen molar-refractivity contribution >= 4 is 11.9 Å². The van der Waals surface area contributed by atoms with E-state index in [2.05, 4.69) is 6.58 Å². The Labute approximate surface area is 158 Å². The Morgan fingerprint density at radius 3 is 2.74 bits per heavy atom. The summed E-state index contributed by atoms with van der Waals surface area (Å²) in [6, 6.07) is 0. The highest BCUT2D eigenvalue weighted by Gasteiger charge is 2.74. The predicted octanol–water partition coefficient (Wildman–Crippen LogP) is 1.54. The van der Waals surface area contributed by atoms with Gasteiger partial charge in [-0.05, 0) is 39.2 Å². The van der Waals surface area contributed by atoms with Gasteiger partial charge in [-0.15, -0.1) is 0 Å². The number of hydrogen-bond donors (Lipinski definition) is 2. The Hall–Kier alpha value is -1.96. The van der Waals surface area contributed by atoms with E-state index in [1.807, 2.05) is 6.08 Å². The normalized spacial score (nSPS) is 43.8. The molecule has 0 aromatic heterocycles. The van der Waals surface area contributed by atoms with Crippen molar-refractivity contribution in [1.82, 2.24) is 0 Å². The zero-order valence-corrected chi connectivity index (χ0v) is 16.0. The summed E-state index contributed by atoms with van der Waals surface area (Å²) in [5, 5.41) is 21.6. The summed E-state index contributed by atoms with van der Waals surface area (Å²) in [5.74, 6) is -1.34. The molecule has 1 aliphatic carbocycles. The van der Waals surface area contributed by atoms with Crippen LogP contribution in [0.15, 0.2) is 35.5 Å². The van der Waals surface area contributed by atoms with Crippen LogP contribution in [0.1, 0.15) is 40.5 Å². The minimum atomic E-state index is -1.66. The van der Waals surface area contributed by atoms with Crippen molar-refractivity contribution in [3.63, 3.8) is 0 Å². The van der Waals surface area contributed by atoms with Crippen LogP contribution in [0.3, 0.4) is 0 Å². The molecule has 3 aliphatic rings. The lowest BCUT2D eigenvalue weighted by Gasteiger charge is -2.38. The standard InChI is InChI=1S/C20H26O7/c1-6-10(2)15(22)25-14-13(21)11(3)8-7-9-19(5)17-20(14,27-18(19)24)12(4)16(23)26-17/h6,8,13-14,17-18,21,24H,4,7,9H2,1-3,5H3/b10-6-,11-8-/t13-,14-,17-,18-,19+,20+/m1/s1. The molecular formula is C20H26O7. The van der Waals surface area contributed by atoms with E-state index in [0.717, 1.165) is 0 Å². The second kappa shape index (κ2) is 6.58. The lowest BCUT2D eigenvalue weighted by Crippen LogP contribution is -2.57. The van der Waals surface area contributed by atoms with Crippen molar-refractivity contribution in [2.24, 2.45) is 5.41 Å². The molecule has 27 heavy (non-hydrogen) atoms. The molecule has 0 aromatic carbocycles. The van der Waals surface area contributed by atoms with Crippen LogP contribution in [0, 0.1) is 5.41 Å². The first-order chi connectivity index (χ1) is 12.6. The van der Waals surface area contributed by atoms with Gasteiger partial charge in [0.2, 0.25) is 0 Å². The van der Waals surface area contributed by atoms with Crippen LogP contribution in [0.25, 0.3) is 0 Å². The van der Waals surface area contributed by atoms with Crippen molar-refractivity contribution in [2.75, 3.05) is 0 Å². The summed E-state index contributed by atoms with van der Waals surface area (Å²) in [5.41, 5.74) is -1.74. The maximum absolute atomic E-state index is 12.5. The van der Waals surface area contributed by atoms with Gasteiger partial charge < -0.3 is 24.4 Å². The van der Waals surface area contributed by atoms with Gasteiger partial charge in [0.05, 0.1) is 11.0 Å². The molecule has 0 radical (unpaired) electrons. The van der Waals surface area contributed by atoms with Crippen LogP contribution in [-0.2, 0) is 23.8 Å². The van der Waals surface area contributed by atoms with Crippen LogP contribution >= 0.6 is 0 Å². The number of hydrogen-bond acceptors (Lipinski definition) is 7. The van der Waals surface area contributed by atoms with Crippen LogP contribution in [0.5, 0.6) is 0 Å². The Bertz CT molecular complexity index is 751. The molecule has 2 heterocycles. The van der Waals surface area contributed by atoms with E-state index >= 15 is 0 Å². The maximum Gasteiger partial charge on any atom is 0.337 e. The topological polar surface area (TPSA) is 102 Å².